The summed E-state index contributed by atoms with van der Waals surface area (Å²) in [7, 11) is 0. The van der Waals surface area contributed by atoms with E-state index in [2.05, 4.69) is 0 Å². The van der Waals surface area contributed by atoms with Crippen molar-refractivity contribution < 1.29 is 29.0 Å². The Morgan fingerprint density at radius 3 is 2.70 bits per heavy atom. The Labute approximate surface area is 155 Å². The van der Waals surface area contributed by atoms with Gasteiger partial charge in [-0.2, -0.15) is 0 Å². The lowest BCUT2D eigenvalue weighted by Gasteiger charge is -2.38. The SMILES string of the molecule is O=C(O)C1CCC2CN(C(=O)C3=COC(Cc4ccccc4)O3)CC(=O)N21. The third kappa shape index (κ3) is 3.34. The molecule has 1 aromatic carbocycles. The molecule has 2 fully saturated rings. The Morgan fingerprint density at radius 2 is 1.96 bits per heavy atom. The normalized spacial score (nSPS) is 26.9. The van der Waals surface area contributed by atoms with E-state index in [1.54, 1.807) is 0 Å². The maximum Gasteiger partial charge on any atom is 0.326 e. The molecule has 3 unspecified atom stereocenters. The van der Waals surface area contributed by atoms with Gasteiger partial charge in [0, 0.05) is 13.0 Å². The van der Waals surface area contributed by atoms with Crippen LogP contribution in [0.25, 0.3) is 0 Å². The number of ether oxygens (including phenoxy) is 2. The lowest BCUT2D eigenvalue weighted by atomic mass is 10.1. The van der Waals surface area contributed by atoms with Gasteiger partial charge < -0.3 is 24.4 Å². The fourth-order valence-corrected chi connectivity index (χ4v) is 3.89. The average molecular weight is 372 g/mol. The van der Waals surface area contributed by atoms with E-state index in [1.807, 2.05) is 30.3 Å². The van der Waals surface area contributed by atoms with Gasteiger partial charge in [-0.3, -0.25) is 9.59 Å². The molecule has 0 spiro atoms. The van der Waals surface area contributed by atoms with Gasteiger partial charge in [0.1, 0.15) is 18.8 Å². The molecule has 2 amide bonds. The smallest absolute Gasteiger partial charge is 0.326 e. The Kier molecular flexibility index (Phi) is 4.47. The quantitative estimate of drug-likeness (QED) is 0.837. The predicted octanol–water partition coefficient (Wildman–Crippen LogP) is 0.730. The maximum absolute atomic E-state index is 12.7. The van der Waals surface area contributed by atoms with Crippen molar-refractivity contribution in [2.24, 2.45) is 0 Å². The van der Waals surface area contributed by atoms with Crippen LogP contribution in [0.5, 0.6) is 0 Å². The second-order valence-corrected chi connectivity index (χ2v) is 6.93. The number of aliphatic carboxylic acids is 1. The Balaban J connectivity index is 1.37. The fourth-order valence-electron chi connectivity index (χ4n) is 3.89. The van der Waals surface area contributed by atoms with Gasteiger partial charge in [-0.1, -0.05) is 30.3 Å². The summed E-state index contributed by atoms with van der Waals surface area (Å²) in [6.45, 7) is 0.154. The van der Waals surface area contributed by atoms with E-state index in [-0.39, 0.29) is 24.3 Å². The van der Waals surface area contributed by atoms with Crippen molar-refractivity contribution in [2.75, 3.05) is 13.1 Å². The standard InChI is InChI=1S/C19H20N2O6/c22-16-10-20(9-13-6-7-14(19(24)25)21(13)16)18(23)15-11-26-17(27-15)8-12-4-2-1-3-5-12/h1-5,11,13-14,17H,6-10H2,(H,24,25). The molecule has 8 heteroatoms. The number of hydrogen-bond donors (Lipinski definition) is 1. The van der Waals surface area contributed by atoms with Crippen molar-refractivity contribution in [2.45, 2.75) is 37.6 Å². The Bertz CT molecular complexity index is 793. The van der Waals surface area contributed by atoms with Crippen LogP contribution in [0.2, 0.25) is 0 Å². The molecular formula is C19H20N2O6. The number of nitrogens with zero attached hydrogens (tertiary/aromatic N) is 2. The molecular weight excluding hydrogens is 352 g/mol. The summed E-state index contributed by atoms with van der Waals surface area (Å²) in [6, 6.07) is 8.59. The molecule has 0 bridgehead atoms. The highest BCUT2D eigenvalue weighted by atomic mass is 16.7. The summed E-state index contributed by atoms with van der Waals surface area (Å²) in [5, 5.41) is 9.25. The minimum Gasteiger partial charge on any atom is -0.480 e. The lowest BCUT2D eigenvalue weighted by molar-refractivity contribution is -0.155. The molecule has 1 N–H and O–H groups in total. The van der Waals surface area contributed by atoms with E-state index in [4.69, 9.17) is 9.47 Å². The van der Waals surface area contributed by atoms with E-state index in [1.165, 1.54) is 16.1 Å². The zero-order chi connectivity index (χ0) is 19.0. The van der Waals surface area contributed by atoms with E-state index in [0.29, 0.717) is 25.8 Å². The monoisotopic (exact) mass is 372 g/mol. The largest absolute Gasteiger partial charge is 0.480 e. The number of carboxylic acids is 1. The van der Waals surface area contributed by atoms with Gasteiger partial charge in [0.05, 0.1) is 6.04 Å². The second kappa shape index (κ2) is 6.94. The number of rotatable bonds is 4. The molecule has 1 aromatic rings. The zero-order valence-corrected chi connectivity index (χ0v) is 14.6. The van der Waals surface area contributed by atoms with Crippen molar-refractivity contribution >= 4 is 17.8 Å². The minimum atomic E-state index is -0.996. The third-order valence-electron chi connectivity index (χ3n) is 5.16. The van der Waals surface area contributed by atoms with Crippen molar-refractivity contribution in [3.05, 3.63) is 47.9 Å². The van der Waals surface area contributed by atoms with Crippen LogP contribution >= 0.6 is 0 Å². The summed E-state index contributed by atoms with van der Waals surface area (Å²) in [4.78, 5) is 39.2. The Morgan fingerprint density at radius 1 is 1.19 bits per heavy atom. The molecule has 8 nitrogen and oxygen atoms in total. The molecule has 3 atom stereocenters. The maximum atomic E-state index is 12.7. The van der Waals surface area contributed by atoms with Crippen molar-refractivity contribution in [1.82, 2.24) is 9.80 Å². The van der Waals surface area contributed by atoms with E-state index in [0.717, 1.165) is 5.56 Å². The number of piperazine rings is 1. The number of carboxylic acid groups (broad SMARTS) is 1. The molecule has 3 aliphatic rings. The zero-order valence-electron chi connectivity index (χ0n) is 14.6. The summed E-state index contributed by atoms with van der Waals surface area (Å²) >= 11 is 0. The first-order valence-corrected chi connectivity index (χ1v) is 8.92. The molecule has 0 aromatic heterocycles. The van der Waals surface area contributed by atoms with Crippen LogP contribution in [0.15, 0.2) is 42.4 Å². The summed E-state index contributed by atoms with van der Waals surface area (Å²) < 4.78 is 11.1. The topological polar surface area (TPSA) is 96.4 Å². The summed E-state index contributed by atoms with van der Waals surface area (Å²) in [5.74, 6) is -1.67. The number of amides is 2. The van der Waals surface area contributed by atoms with Crippen molar-refractivity contribution in [1.29, 1.82) is 0 Å². The number of carbonyl (C=O) groups is 3. The molecule has 0 saturated carbocycles. The third-order valence-corrected chi connectivity index (χ3v) is 5.16. The average Bonchev–Trinajstić information content (AvgIpc) is 3.29. The molecule has 3 heterocycles. The van der Waals surface area contributed by atoms with Crippen molar-refractivity contribution in [3.8, 4) is 0 Å². The second-order valence-electron chi connectivity index (χ2n) is 6.93. The highest BCUT2D eigenvalue weighted by Crippen LogP contribution is 2.29. The van der Waals surface area contributed by atoms with Gasteiger partial charge in [0.25, 0.3) is 5.91 Å². The molecule has 27 heavy (non-hydrogen) atoms. The minimum absolute atomic E-state index is 0.0740. The van der Waals surface area contributed by atoms with Crippen LogP contribution in [0.4, 0.5) is 0 Å². The van der Waals surface area contributed by atoms with Crippen LogP contribution in [0.1, 0.15) is 18.4 Å². The van der Waals surface area contributed by atoms with E-state index in [9.17, 15) is 19.5 Å². The van der Waals surface area contributed by atoms with Gasteiger partial charge >= 0.3 is 5.97 Å². The number of hydrogen-bond acceptors (Lipinski definition) is 5. The first kappa shape index (κ1) is 17.4. The Hall–Kier alpha value is -3.03. The molecule has 4 rings (SSSR count). The van der Waals surface area contributed by atoms with Gasteiger partial charge in [0.15, 0.2) is 0 Å². The fraction of sp³-hybridized carbons (Fsp3) is 0.421. The van der Waals surface area contributed by atoms with Crippen molar-refractivity contribution in [3.63, 3.8) is 0 Å². The summed E-state index contributed by atoms with van der Waals surface area (Å²) in [6.07, 6.45) is 2.20. The highest BCUT2D eigenvalue weighted by molar-refractivity contribution is 5.96. The molecule has 0 aliphatic carbocycles. The first-order valence-electron chi connectivity index (χ1n) is 8.92. The van der Waals surface area contributed by atoms with Crippen LogP contribution in [-0.2, 0) is 30.3 Å². The molecule has 2 saturated heterocycles. The van der Waals surface area contributed by atoms with Gasteiger partial charge in [-0.15, -0.1) is 0 Å². The first-order chi connectivity index (χ1) is 13.0. The molecule has 0 radical (unpaired) electrons. The van der Waals surface area contributed by atoms with Crippen LogP contribution < -0.4 is 0 Å². The predicted molar refractivity (Wildman–Crippen MR) is 92.1 cm³/mol. The van der Waals surface area contributed by atoms with Crippen LogP contribution in [0, 0.1) is 0 Å². The highest BCUT2D eigenvalue weighted by Gasteiger charge is 2.46. The van der Waals surface area contributed by atoms with E-state index >= 15 is 0 Å². The summed E-state index contributed by atoms with van der Waals surface area (Å²) in [5.41, 5.74) is 1.03. The lowest BCUT2D eigenvalue weighted by Crippen LogP contribution is -2.58. The van der Waals surface area contributed by atoms with Gasteiger partial charge in [0.2, 0.25) is 18.0 Å². The van der Waals surface area contributed by atoms with Crippen LogP contribution in [0.3, 0.4) is 0 Å². The van der Waals surface area contributed by atoms with Gasteiger partial charge in [-0.05, 0) is 18.4 Å². The number of carbonyl (C=O) groups excluding carboxylic acids is 2. The number of fused-ring (bicyclic) bond motifs is 1. The van der Waals surface area contributed by atoms with Crippen LogP contribution in [-0.4, -0.2) is 64.2 Å². The molecule has 3 aliphatic heterocycles. The van der Waals surface area contributed by atoms with Gasteiger partial charge in [-0.25, -0.2) is 4.79 Å². The number of benzene rings is 1. The molecule has 142 valence electrons. The van der Waals surface area contributed by atoms with E-state index < -0.39 is 24.2 Å².